The standard InChI is InChI=1S/C24H15Br2N3O6/c25-17-5-13(6-18(26)23(17)32-10-12-1-3-14(4-2-12)29(30)31)22-15-7-20-21(34-11-33-20)8-19(15)35-24(28)16(22)9-27/h1-8,22H,10-11,28H2/t22-/m0/s1. The number of ether oxygens (including phenoxy) is 4. The van der Waals surface area contributed by atoms with Crippen molar-refractivity contribution in [2.24, 2.45) is 5.73 Å². The van der Waals surface area contributed by atoms with Gasteiger partial charge in [0.25, 0.3) is 5.69 Å². The number of hydrogen-bond acceptors (Lipinski definition) is 8. The van der Waals surface area contributed by atoms with Crippen LogP contribution >= 0.6 is 31.9 Å². The van der Waals surface area contributed by atoms with Gasteiger partial charge >= 0.3 is 0 Å². The summed E-state index contributed by atoms with van der Waals surface area (Å²) in [6.45, 7) is 0.309. The first-order valence-electron chi connectivity index (χ1n) is 10.2. The summed E-state index contributed by atoms with van der Waals surface area (Å²) in [6.07, 6.45) is 0. The maximum absolute atomic E-state index is 10.9. The minimum Gasteiger partial charge on any atom is -0.487 e. The Morgan fingerprint density at radius 3 is 2.37 bits per heavy atom. The Bertz CT molecular complexity index is 1410. The van der Waals surface area contributed by atoms with E-state index in [-0.39, 0.29) is 30.5 Å². The van der Waals surface area contributed by atoms with E-state index in [0.29, 0.717) is 31.9 Å². The zero-order chi connectivity index (χ0) is 24.7. The summed E-state index contributed by atoms with van der Waals surface area (Å²) in [4.78, 5) is 10.4. The molecule has 0 saturated heterocycles. The quantitative estimate of drug-likeness (QED) is 0.294. The molecule has 9 nitrogen and oxygen atoms in total. The van der Waals surface area contributed by atoms with Crippen molar-refractivity contribution >= 4 is 37.5 Å². The minimum atomic E-state index is -0.505. The van der Waals surface area contributed by atoms with Gasteiger partial charge in [0.05, 0.1) is 19.8 Å². The monoisotopic (exact) mass is 599 g/mol. The van der Waals surface area contributed by atoms with E-state index in [1.807, 2.05) is 12.1 Å². The Balaban J connectivity index is 1.48. The SMILES string of the molecule is N#CC1=C(N)Oc2cc3c(cc2[C@@H]1c1cc(Br)c(OCc2ccc([N+](=O)[O-])cc2)c(Br)c1)OCO3. The normalized spacial score (nSPS) is 15.7. The number of hydrogen-bond donors (Lipinski definition) is 1. The summed E-state index contributed by atoms with van der Waals surface area (Å²) in [5, 5.41) is 20.7. The molecule has 0 radical (unpaired) electrons. The molecule has 3 aromatic rings. The Labute approximate surface area is 216 Å². The second-order valence-electron chi connectivity index (χ2n) is 7.69. The molecule has 0 aliphatic carbocycles. The van der Waals surface area contributed by atoms with Gasteiger partial charge in [0.2, 0.25) is 12.7 Å². The van der Waals surface area contributed by atoms with Crippen molar-refractivity contribution in [2.75, 3.05) is 6.79 Å². The van der Waals surface area contributed by atoms with Crippen molar-refractivity contribution in [3.63, 3.8) is 0 Å². The third-order valence-electron chi connectivity index (χ3n) is 5.59. The summed E-state index contributed by atoms with van der Waals surface area (Å²) >= 11 is 7.13. The summed E-state index contributed by atoms with van der Waals surface area (Å²) in [5.41, 5.74) is 8.65. The first-order valence-corrected chi connectivity index (χ1v) is 11.8. The smallest absolute Gasteiger partial charge is 0.269 e. The summed E-state index contributed by atoms with van der Waals surface area (Å²) in [7, 11) is 0. The van der Waals surface area contributed by atoms with Crippen molar-refractivity contribution in [3.8, 4) is 29.1 Å². The molecule has 35 heavy (non-hydrogen) atoms. The third kappa shape index (κ3) is 4.26. The van der Waals surface area contributed by atoms with Gasteiger partial charge in [0.1, 0.15) is 29.7 Å². The largest absolute Gasteiger partial charge is 0.487 e. The summed E-state index contributed by atoms with van der Waals surface area (Å²) in [6, 6.07) is 15.5. The van der Waals surface area contributed by atoms with Gasteiger partial charge in [-0.3, -0.25) is 10.1 Å². The number of nitrogens with two attached hydrogens (primary N) is 1. The number of nitriles is 1. The number of nitro groups is 1. The Morgan fingerprint density at radius 2 is 1.74 bits per heavy atom. The third-order valence-corrected chi connectivity index (χ3v) is 6.77. The molecule has 2 aliphatic heterocycles. The highest BCUT2D eigenvalue weighted by Crippen LogP contribution is 2.49. The van der Waals surface area contributed by atoms with Gasteiger partial charge in [-0.2, -0.15) is 5.26 Å². The Kier molecular flexibility index (Phi) is 6.00. The molecule has 176 valence electrons. The van der Waals surface area contributed by atoms with Gasteiger partial charge in [-0.1, -0.05) is 0 Å². The number of fused-ring (bicyclic) bond motifs is 2. The molecule has 2 N–H and O–H groups in total. The molecule has 0 spiro atoms. The first-order chi connectivity index (χ1) is 16.9. The average Bonchev–Trinajstić information content (AvgIpc) is 3.29. The molecule has 0 saturated carbocycles. The predicted molar refractivity (Wildman–Crippen MR) is 131 cm³/mol. The van der Waals surface area contributed by atoms with Crippen molar-refractivity contribution in [2.45, 2.75) is 12.5 Å². The van der Waals surface area contributed by atoms with E-state index >= 15 is 0 Å². The molecular weight excluding hydrogens is 586 g/mol. The van der Waals surface area contributed by atoms with Crippen LogP contribution in [0.1, 0.15) is 22.6 Å². The Morgan fingerprint density at radius 1 is 1.09 bits per heavy atom. The molecule has 2 aliphatic rings. The number of rotatable bonds is 5. The average molecular weight is 601 g/mol. The molecule has 11 heteroatoms. The lowest BCUT2D eigenvalue weighted by atomic mass is 9.83. The molecule has 3 aromatic carbocycles. The second kappa shape index (κ2) is 9.13. The fourth-order valence-electron chi connectivity index (χ4n) is 3.94. The van der Waals surface area contributed by atoms with Crippen LogP contribution in [0, 0.1) is 21.4 Å². The number of nitrogens with zero attached hydrogens (tertiary/aromatic N) is 2. The Hall–Kier alpha value is -3.75. The predicted octanol–water partition coefficient (Wildman–Crippen LogP) is 5.65. The van der Waals surface area contributed by atoms with Crippen LogP contribution in [0.15, 0.2) is 68.9 Å². The van der Waals surface area contributed by atoms with Gasteiger partial charge in [-0.05, 0) is 73.3 Å². The van der Waals surface area contributed by atoms with Crippen molar-refractivity contribution < 1.29 is 23.9 Å². The lowest BCUT2D eigenvalue weighted by molar-refractivity contribution is -0.384. The second-order valence-corrected chi connectivity index (χ2v) is 9.40. The molecule has 0 fully saturated rings. The van der Waals surface area contributed by atoms with E-state index < -0.39 is 10.8 Å². The molecular formula is C24H15Br2N3O6. The lowest BCUT2D eigenvalue weighted by Crippen LogP contribution is -2.21. The van der Waals surface area contributed by atoms with E-state index in [1.54, 1.807) is 24.3 Å². The van der Waals surface area contributed by atoms with Crippen LogP contribution in [0.2, 0.25) is 0 Å². The maximum Gasteiger partial charge on any atom is 0.269 e. The van der Waals surface area contributed by atoms with E-state index in [1.165, 1.54) is 12.1 Å². The number of allylic oxidation sites excluding steroid dienone is 1. The zero-order valence-electron chi connectivity index (χ0n) is 17.8. The molecule has 2 heterocycles. The number of halogens is 2. The fraction of sp³-hybridized carbons (Fsp3) is 0.125. The highest BCUT2D eigenvalue weighted by Gasteiger charge is 2.34. The van der Waals surface area contributed by atoms with Crippen LogP contribution in [0.4, 0.5) is 5.69 Å². The molecule has 0 amide bonds. The molecule has 0 unspecified atom stereocenters. The van der Waals surface area contributed by atoms with E-state index in [2.05, 4.69) is 37.9 Å². The molecule has 5 rings (SSSR count). The highest BCUT2D eigenvalue weighted by atomic mass is 79.9. The fourth-order valence-corrected chi connectivity index (χ4v) is 5.39. The van der Waals surface area contributed by atoms with E-state index in [9.17, 15) is 15.4 Å². The molecule has 0 aromatic heterocycles. The summed E-state index contributed by atoms with van der Waals surface area (Å²) in [5.74, 6) is 1.66. The van der Waals surface area contributed by atoms with Crippen LogP contribution in [0.5, 0.6) is 23.0 Å². The maximum atomic E-state index is 10.9. The number of nitro benzene ring substituents is 1. The first kappa shape index (κ1) is 23.0. The van der Waals surface area contributed by atoms with Crippen molar-refractivity contribution in [1.82, 2.24) is 0 Å². The lowest BCUT2D eigenvalue weighted by Gasteiger charge is -2.27. The van der Waals surface area contributed by atoms with Crippen LogP contribution in [-0.2, 0) is 6.61 Å². The van der Waals surface area contributed by atoms with Crippen LogP contribution in [-0.4, -0.2) is 11.7 Å². The van der Waals surface area contributed by atoms with Crippen LogP contribution in [0.25, 0.3) is 0 Å². The van der Waals surface area contributed by atoms with Crippen LogP contribution < -0.4 is 24.7 Å². The van der Waals surface area contributed by atoms with Gasteiger partial charge < -0.3 is 24.7 Å². The molecule has 0 bridgehead atoms. The van der Waals surface area contributed by atoms with Gasteiger partial charge in [-0.25, -0.2) is 0 Å². The minimum absolute atomic E-state index is 0.0143. The van der Waals surface area contributed by atoms with Crippen LogP contribution in [0.3, 0.4) is 0 Å². The number of benzene rings is 3. The van der Waals surface area contributed by atoms with E-state index in [0.717, 1.165) is 16.7 Å². The van der Waals surface area contributed by atoms with Gasteiger partial charge in [-0.15, -0.1) is 0 Å². The number of non-ortho nitro benzene ring substituents is 1. The van der Waals surface area contributed by atoms with Gasteiger partial charge in [0, 0.05) is 23.8 Å². The summed E-state index contributed by atoms with van der Waals surface area (Å²) < 4.78 is 23.9. The van der Waals surface area contributed by atoms with E-state index in [4.69, 9.17) is 24.7 Å². The van der Waals surface area contributed by atoms with Crippen molar-refractivity contribution in [3.05, 3.63) is 95.7 Å². The highest BCUT2D eigenvalue weighted by molar-refractivity contribution is 9.11. The van der Waals surface area contributed by atoms with Gasteiger partial charge in [0.15, 0.2) is 11.5 Å². The topological polar surface area (TPSA) is 130 Å². The molecule has 1 atom stereocenters. The zero-order valence-corrected chi connectivity index (χ0v) is 21.0. The van der Waals surface area contributed by atoms with Crippen molar-refractivity contribution in [1.29, 1.82) is 5.26 Å².